The number of aliphatic imine (C=N–C) groups is 1. The Balaban J connectivity index is 1.85. The first-order chi connectivity index (χ1) is 12.5. The molecule has 3 aromatic rings. The van der Waals surface area contributed by atoms with Crippen molar-refractivity contribution >= 4 is 28.8 Å². The van der Waals surface area contributed by atoms with Gasteiger partial charge in [0.05, 0.1) is 35.9 Å². The van der Waals surface area contributed by atoms with Crippen LogP contribution in [0, 0.1) is 13.8 Å². The standard InChI is InChI=1S/C21H24N4O/c1-5-24(4)13-22-19-11-15(2)17(10-16(19)3)21(26)12-25-14-23-18-8-6-7-9-20(18)25/h6-11,13-14H,5,12H2,1-4H3. The number of fused-ring (bicyclic) bond motifs is 1. The van der Waals surface area contributed by atoms with Crippen LogP contribution in [0.15, 0.2) is 47.7 Å². The molecule has 0 amide bonds. The summed E-state index contributed by atoms with van der Waals surface area (Å²) in [5.41, 5.74) is 5.44. The molecule has 5 nitrogen and oxygen atoms in total. The Morgan fingerprint density at radius 3 is 2.77 bits per heavy atom. The van der Waals surface area contributed by atoms with Crippen molar-refractivity contribution < 1.29 is 4.79 Å². The van der Waals surface area contributed by atoms with Crippen LogP contribution < -0.4 is 0 Å². The van der Waals surface area contributed by atoms with Crippen LogP contribution in [0.2, 0.25) is 0 Å². The molecule has 1 aromatic heterocycles. The highest BCUT2D eigenvalue weighted by atomic mass is 16.1. The van der Waals surface area contributed by atoms with Crippen molar-refractivity contribution in [1.29, 1.82) is 0 Å². The zero-order chi connectivity index (χ0) is 18.7. The quantitative estimate of drug-likeness (QED) is 0.382. The summed E-state index contributed by atoms with van der Waals surface area (Å²) in [6.45, 7) is 7.20. The molecule has 3 rings (SSSR count). The number of imidazole rings is 1. The number of Topliss-reactive ketones (excluding diaryl/α,β-unsaturated/α-hetero) is 1. The van der Waals surface area contributed by atoms with Crippen LogP contribution in [0.25, 0.3) is 11.0 Å². The number of carbonyl (C=O) groups is 1. The van der Waals surface area contributed by atoms with Gasteiger partial charge in [0.2, 0.25) is 0 Å². The summed E-state index contributed by atoms with van der Waals surface area (Å²) in [6, 6.07) is 11.8. The number of aryl methyl sites for hydroxylation is 2. The first-order valence-electron chi connectivity index (χ1n) is 8.78. The van der Waals surface area contributed by atoms with E-state index < -0.39 is 0 Å². The molecular formula is C21H24N4O. The number of ketones is 1. The Hall–Kier alpha value is -2.95. The minimum absolute atomic E-state index is 0.0787. The van der Waals surface area contributed by atoms with E-state index in [0.717, 1.165) is 40.0 Å². The third-order valence-corrected chi connectivity index (χ3v) is 4.58. The number of carbonyl (C=O) groups excluding carboxylic acids is 1. The predicted octanol–water partition coefficient (Wildman–Crippen LogP) is 4.15. The Kier molecular flexibility index (Phi) is 5.16. The van der Waals surface area contributed by atoms with Crippen LogP contribution in [-0.4, -0.2) is 40.2 Å². The third-order valence-electron chi connectivity index (χ3n) is 4.58. The van der Waals surface area contributed by atoms with Crippen LogP contribution in [0.1, 0.15) is 28.4 Å². The molecule has 0 radical (unpaired) electrons. The second-order valence-corrected chi connectivity index (χ2v) is 6.56. The first-order valence-corrected chi connectivity index (χ1v) is 8.78. The molecule has 0 unspecified atom stereocenters. The van der Waals surface area contributed by atoms with E-state index >= 15 is 0 Å². The van der Waals surface area contributed by atoms with Crippen molar-refractivity contribution in [1.82, 2.24) is 14.5 Å². The molecule has 5 heteroatoms. The first kappa shape index (κ1) is 17.9. The lowest BCUT2D eigenvalue weighted by molar-refractivity contribution is 0.0972. The molecule has 0 N–H and O–H groups in total. The molecule has 0 aliphatic rings. The van der Waals surface area contributed by atoms with Gasteiger partial charge in [-0.25, -0.2) is 9.98 Å². The zero-order valence-corrected chi connectivity index (χ0v) is 15.7. The summed E-state index contributed by atoms with van der Waals surface area (Å²) < 4.78 is 1.90. The smallest absolute Gasteiger partial charge is 0.182 e. The van der Waals surface area contributed by atoms with E-state index in [9.17, 15) is 4.79 Å². The Bertz CT molecular complexity index is 971. The number of para-hydroxylation sites is 2. The lowest BCUT2D eigenvalue weighted by atomic mass is 10.0. The average molecular weight is 348 g/mol. The largest absolute Gasteiger partial charge is 0.366 e. The molecule has 1 heterocycles. The van der Waals surface area contributed by atoms with Gasteiger partial charge in [-0.15, -0.1) is 0 Å². The van der Waals surface area contributed by atoms with E-state index in [1.807, 2.05) is 73.1 Å². The highest BCUT2D eigenvalue weighted by Crippen LogP contribution is 2.24. The molecule has 0 atom stereocenters. The Labute approximate surface area is 154 Å². The molecular weight excluding hydrogens is 324 g/mol. The van der Waals surface area contributed by atoms with Crippen LogP contribution >= 0.6 is 0 Å². The molecule has 0 bridgehead atoms. The van der Waals surface area contributed by atoms with E-state index in [-0.39, 0.29) is 12.3 Å². The van der Waals surface area contributed by atoms with Gasteiger partial charge in [0.15, 0.2) is 5.78 Å². The van der Waals surface area contributed by atoms with Crippen molar-refractivity contribution in [3.63, 3.8) is 0 Å². The number of rotatable bonds is 6. The number of hydrogen-bond donors (Lipinski definition) is 0. The van der Waals surface area contributed by atoms with Gasteiger partial charge in [0.25, 0.3) is 0 Å². The molecule has 26 heavy (non-hydrogen) atoms. The number of hydrogen-bond acceptors (Lipinski definition) is 3. The van der Waals surface area contributed by atoms with Gasteiger partial charge in [-0.1, -0.05) is 12.1 Å². The second-order valence-electron chi connectivity index (χ2n) is 6.56. The van der Waals surface area contributed by atoms with Gasteiger partial charge in [-0.3, -0.25) is 4.79 Å². The number of benzene rings is 2. The van der Waals surface area contributed by atoms with Crippen molar-refractivity contribution in [2.45, 2.75) is 27.3 Å². The number of nitrogens with zero attached hydrogens (tertiary/aromatic N) is 4. The SMILES string of the molecule is CCN(C)C=Nc1cc(C)c(C(=O)Cn2cnc3ccccc32)cc1C. The highest BCUT2D eigenvalue weighted by Gasteiger charge is 2.14. The molecule has 0 spiro atoms. The van der Waals surface area contributed by atoms with Crippen LogP contribution in [0.3, 0.4) is 0 Å². The van der Waals surface area contributed by atoms with Gasteiger partial charge in [-0.2, -0.15) is 0 Å². The molecule has 0 aliphatic carbocycles. The van der Waals surface area contributed by atoms with E-state index in [1.54, 1.807) is 6.33 Å². The van der Waals surface area contributed by atoms with Gasteiger partial charge in [-0.05, 0) is 56.2 Å². The minimum Gasteiger partial charge on any atom is -0.366 e. The Morgan fingerprint density at radius 1 is 1.23 bits per heavy atom. The van der Waals surface area contributed by atoms with Crippen molar-refractivity contribution in [3.05, 3.63) is 59.4 Å². The fraction of sp³-hybridized carbons (Fsp3) is 0.286. The van der Waals surface area contributed by atoms with Crippen LogP contribution in [0.4, 0.5) is 5.69 Å². The molecule has 0 saturated heterocycles. The normalized spacial score (nSPS) is 11.4. The molecule has 0 aliphatic heterocycles. The van der Waals surface area contributed by atoms with Gasteiger partial charge in [0, 0.05) is 19.2 Å². The zero-order valence-electron chi connectivity index (χ0n) is 15.7. The maximum absolute atomic E-state index is 12.9. The minimum atomic E-state index is 0.0787. The fourth-order valence-electron chi connectivity index (χ4n) is 2.86. The third kappa shape index (κ3) is 3.67. The second kappa shape index (κ2) is 7.52. The van der Waals surface area contributed by atoms with E-state index in [1.165, 1.54) is 0 Å². The lowest BCUT2D eigenvalue weighted by Gasteiger charge is -2.12. The summed E-state index contributed by atoms with van der Waals surface area (Å²) in [5.74, 6) is 0.0787. The summed E-state index contributed by atoms with van der Waals surface area (Å²) in [5, 5.41) is 0. The van der Waals surface area contributed by atoms with Gasteiger partial charge < -0.3 is 9.47 Å². The maximum Gasteiger partial charge on any atom is 0.182 e. The average Bonchev–Trinajstić information content (AvgIpc) is 3.04. The van der Waals surface area contributed by atoms with Crippen molar-refractivity contribution in [3.8, 4) is 0 Å². The molecule has 134 valence electrons. The predicted molar refractivity (Wildman–Crippen MR) is 106 cm³/mol. The summed E-state index contributed by atoms with van der Waals surface area (Å²) in [6.07, 6.45) is 3.55. The van der Waals surface area contributed by atoms with Gasteiger partial charge >= 0.3 is 0 Å². The van der Waals surface area contributed by atoms with Crippen LogP contribution in [-0.2, 0) is 6.54 Å². The topological polar surface area (TPSA) is 50.5 Å². The summed E-state index contributed by atoms with van der Waals surface area (Å²) in [4.78, 5) is 23.8. The molecule has 0 saturated carbocycles. The van der Waals surface area contributed by atoms with E-state index in [2.05, 4.69) is 16.9 Å². The highest BCUT2D eigenvalue weighted by molar-refractivity contribution is 5.98. The lowest BCUT2D eigenvalue weighted by Crippen LogP contribution is -2.14. The molecule has 2 aromatic carbocycles. The molecule has 0 fully saturated rings. The monoisotopic (exact) mass is 348 g/mol. The van der Waals surface area contributed by atoms with E-state index in [4.69, 9.17) is 0 Å². The number of aromatic nitrogens is 2. The van der Waals surface area contributed by atoms with E-state index in [0.29, 0.717) is 0 Å². The summed E-state index contributed by atoms with van der Waals surface area (Å²) in [7, 11) is 1.99. The fourth-order valence-corrected chi connectivity index (χ4v) is 2.86. The van der Waals surface area contributed by atoms with Gasteiger partial charge in [0.1, 0.15) is 0 Å². The summed E-state index contributed by atoms with van der Waals surface area (Å²) >= 11 is 0. The van der Waals surface area contributed by atoms with Crippen molar-refractivity contribution in [2.24, 2.45) is 4.99 Å². The maximum atomic E-state index is 12.9. The van der Waals surface area contributed by atoms with Crippen molar-refractivity contribution in [2.75, 3.05) is 13.6 Å². The van der Waals surface area contributed by atoms with Crippen LogP contribution in [0.5, 0.6) is 0 Å². The Morgan fingerprint density at radius 2 is 2.00 bits per heavy atom.